The first-order chi connectivity index (χ1) is 16.4. The van der Waals surface area contributed by atoms with Gasteiger partial charge in [-0.25, -0.2) is 4.79 Å². The van der Waals surface area contributed by atoms with Gasteiger partial charge >= 0.3 is 6.03 Å². The first-order valence-corrected chi connectivity index (χ1v) is 12.2. The molecular weight excluding hydrogens is 456 g/mol. The topological polar surface area (TPSA) is 99.6 Å². The molecule has 10 heteroatoms. The highest BCUT2D eigenvalue weighted by Gasteiger charge is 2.25. The van der Waals surface area contributed by atoms with Crippen molar-refractivity contribution in [3.05, 3.63) is 51.9 Å². The molecule has 9 nitrogen and oxygen atoms in total. The highest BCUT2D eigenvalue weighted by Crippen LogP contribution is 2.24. The number of amides is 3. The van der Waals surface area contributed by atoms with Crippen LogP contribution in [0.5, 0.6) is 0 Å². The van der Waals surface area contributed by atoms with Gasteiger partial charge < -0.3 is 10.2 Å². The second-order valence-corrected chi connectivity index (χ2v) is 9.43. The molecule has 0 bridgehead atoms. The van der Waals surface area contributed by atoms with E-state index in [0.717, 1.165) is 19.3 Å². The van der Waals surface area contributed by atoms with Gasteiger partial charge in [-0.15, -0.1) is 0 Å². The second-order valence-electron chi connectivity index (χ2n) is 9.05. The number of benzene rings is 1. The van der Waals surface area contributed by atoms with Crippen molar-refractivity contribution in [1.29, 1.82) is 0 Å². The lowest BCUT2D eigenvalue weighted by Crippen LogP contribution is -2.53. The number of halogens is 1. The standard InChI is InChI=1S/C24H31ClN6O3/c1-17-7-5-6-10-19(17)27-24(34)28-21(32)16-29-11-13-30(14-12-29)20-15-26-31(23(33)22(20)25)18-8-3-2-4-9-18/h2-4,8-9,15,17,19H,5-7,10-14,16H2,1H3,(H2,27,28,32,34)/t17-,19-/m1/s1. The molecule has 1 aromatic carbocycles. The largest absolute Gasteiger partial charge is 0.366 e. The predicted octanol–water partition coefficient (Wildman–Crippen LogP) is 2.41. The minimum atomic E-state index is -0.417. The van der Waals surface area contributed by atoms with Crippen molar-refractivity contribution in [2.45, 2.75) is 38.6 Å². The first kappa shape index (κ1) is 24.2. The lowest BCUT2D eigenvalue weighted by Gasteiger charge is -2.35. The number of hydrogen-bond donors (Lipinski definition) is 2. The number of carbonyl (C=O) groups excluding carboxylic acids is 2. The Bertz CT molecular complexity index is 1070. The monoisotopic (exact) mass is 486 g/mol. The normalized spacial score (nSPS) is 21.2. The molecule has 0 radical (unpaired) electrons. The average molecular weight is 487 g/mol. The lowest BCUT2D eigenvalue weighted by atomic mass is 9.86. The SMILES string of the molecule is C[C@@H]1CCCC[C@H]1NC(=O)NC(=O)CN1CCN(c2cnn(-c3ccccc3)c(=O)c2Cl)CC1. The Morgan fingerprint density at radius 3 is 2.50 bits per heavy atom. The molecule has 2 atom stereocenters. The number of nitrogens with one attached hydrogen (secondary N) is 2. The Hall–Kier alpha value is -2.91. The number of hydrogen-bond acceptors (Lipinski definition) is 6. The van der Waals surface area contributed by atoms with Gasteiger partial charge in [0.05, 0.1) is 24.1 Å². The molecule has 1 aliphatic carbocycles. The highest BCUT2D eigenvalue weighted by molar-refractivity contribution is 6.33. The summed E-state index contributed by atoms with van der Waals surface area (Å²) in [4.78, 5) is 41.3. The van der Waals surface area contributed by atoms with Gasteiger partial charge in [0.2, 0.25) is 5.91 Å². The number of anilines is 1. The van der Waals surface area contributed by atoms with Crippen molar-refractivity contribution in [3.63, 3.8) is 0 Å². The van der Waals surface area contributed by atoms with E-state index in [4.69, 9.17) is 11.6 Å². The van der Waals surface area contributed by atoms with E-state index in [9.17, 15) is 14.4 Å². The van der Waals surface area contributed by atoms with Crippen LogP contribution in [-0.4, -0.2) is 65.4 Å². The number of imide groups is 1. The van der Waals surface area contributed by atoms with Gasteiger partial charge in [-0.2, -0.15) is 9.78 Å². The molecule has 34 heavy (non-hydrogen) atoms. The lowest BCUT2D eigenvalue weighted by molar-refractivity contribution is -0.121. The van der Waals surface area contributed by atoms with Gasteiger partial charge in [-0.3, -0.25) is 19.8 Å². The van der Waals surface area contributed by atoms with Crippen molar-refractivity contribution < 1.29 is 9.59 Å². The number of rotatable bonds is 5. The number of carbonyl (C=O) groups is 2. The molecule has 2 aliphatic rings. The molecule has 182 valence electrons. The third-order valence-corrected chi connectivity index (χ3v) is 7.02. The number of piperazine rings is 1. The predicted molar refractivity (Wildman–Crippen MR) is 132 cm³/mol. The summed E-state index contributed by atoms with van der Waals surface area (Å²) in [5.41, 5.74) is 0.869. The Morgan fingerprint density at radius 2 is 1.79 bits per heavy atom. The molecule has 0 unspecified atom stereocenters. The van der Waals surface area contributed by atoms with Gasteiger partial charge in [0.15, 0.2) is 0 Å². The molecule has 1 aliphatic heterocycles. The van der Waals surface area contributed by atoms with E-state index in [1.807, 2.05) is 28.0 Å². The Kier molecular flexibility index (Phi) is 7.84. The maximum atomic E-state index is 12.7. The Labute approximate surface area is 204 Å². The maximum absolute atomic E-state index is 12.7. The second kappa shape index (κ2) is 11.0. The summed E-state index contributed by atoms with van der Waals surface area (Å²) in [5, 5.41) is 9.82. The van der Waals surface area contributed by atoms with Crippen LogP contribution >= 0.6 is 11.6 Å². The fourth-order valence-electron chi connectivity index (χ4n) is 4.65. The van der Waals surface area contributed by atoms with Crippen molar-refractivity contribution in [2.24, 2.45) is 5.92 Å². The Balaban J connectivity index is 1.28. The summed E-state index contributed by atoms with van der Waals surface area (Å²) in [6, 6.07) is 8.84. The molecule has 2 N–H and O–H groups in total. The van der Waals surface area contributed by atoms with Gasteiger partial charge in [-0.1, -0.05) is 49.6 Å². The summed E-state index contributed by atoms with van der Waals surface area (Å²) in [5.74, 6) is 0.110. The minimum absolute atomic E-state index is 0.124. The van der Waals surface area contributed by atoms with Crippen LogP contribution in [0.3, 0.4) is 0 Å². The zero-order valence-corrected chi connectivity index (χ0v) is 20.1. The molecule has 0 spiro atoms. The Morgan fingerprint density at radius 1 is 1.09 bits per heavy atom. The molecule has 2 fully saturated rings. The van der Waals surface area contributed by atoms with Crippen LogP contribution in [0, 0.1) is 5.92 Å². The van der Waals surface area contributed by atoms with E-state index < -0.39 is 6.03 Å². The van der Waals surface area contributed by atoms with Crippen molar-refractivity contribution in [3.8, 4) is 5.69 Å². The molecule has 2 aromatic rings. The quantitative estimate of drug-likeness (QED) is 0.673. The summed E-state index contributed by atoms with van der Waals surface area (Å²) in [7, 11) is 0. The minimum Gasteiger partial charge on any atom is -0.366 e. The summed E-state index contributed by atoms with van der Waals surface area (Å²) >= 11 is 6.41. The molecule has 2 heterocycles. The van der Waals surface area contributed by atoms with Crippen molar-refractivity contribution >= 4 is 29.2 Å². The highest BCUT2D eigenvalue weighted by atomic mass is 35.5. The van der Waals surface area contributed by atoms with Crippen LogP contribution < -0.4 is 21.1 Å². The summed E-state index contributed by atoms with van der Waals surface area (Å²) in [6.45, 7) is 4.67. The van der Waals surface area contributed by atoms with Crippen LogP contribution in [0.25, 0.3) is 5.69 Å². The van der Waals surface area contributed by atoms with Gasteiger partial charge in [-0.05, 0) is 30.9 Å². The fraction of sp³-hybridized carbons (Fsp3) is 0.500. The van der Waals surface area contributed by atoms with E-state index in [2.05, 4.69) is 22.7 Å². The van der Waals surface area contributed by atoms with E-state index in [1.165, 1.54) is 11.1 Å². The van der Waals surface area contributed by atoms with Crippen molar-refractivity contribution in [1.82, 2.24) is 25.3 Å². The molecule has 1 saturated heterocycles. The number of nitrogens with zero attached hydrogens (tertiary/aromatic N) is 4. The van der Waals surface area contributed by atoms with Gasteiger partial charge in [0.25, 0.3) is 5.56 Å². The summed E-state index contributed by atoms with van der Waals surface area (Å²) < 4.78 is 1.28. The molecule has 4 rings (SSSR count). The average Bonchev–Trinajstić information content (AvgIpc) is 2.83. The van der Waals surface area contributed by atoms with Crippen LogP contribution in [0.1, 0.15) is 32.6 Å². The van der Waals surface area contributed by atoms with Crippen molar-refractivity contribution in [2.75, 3.05) is 37.6 Å². The zero-order valence-electron chi connectivity index (χ0n) is 19.4. The third kappa shape index (κ3) is 5.77. The van der Waals surface area contributed by atoms with Crippen LogP contribution in [0.4, 0.5) is 10.5 Å². The van der Waals surface area contributed by atoms with Crippen LogP contribution in [-0.2, 0) is 4.79 Å². The molecule has 1 aromatic heterocycles. The van der Waals surface area contributed by atoms with Crippen LogP contribution in [0.2, 0.25) is 5.02 Å². The van der Waals surface area contributed by atoms with Gasteiger partial charge in [0.1, 0.15) is 5.02 Å². The number of aromatic nitrogens is 2. The summed E-state index contributed by atoms with van der Waals surface area (Å²) in [6.07, 6.45) is 5.96. The van der Waals surface area contributed by atoms with E-state index in [0.29, 0.717) is 43.5 Å². The molecular formula is C24H31ClN6O3. The maximum Gasteiger partial charge on any atom is 0.321 e. The first-order valence-electron chi connectivity index (χ1n) is 11.8. The number of para-hydroxylation sites is 1. The number of urea groups is 1. The zero-order chi connectivity index (χ0) is 24.1. The van der Waals surface area contributed by atoms with Gasteiger partial charge in [0, 0.05) is 32.2 Å². The van der Waals surface area contributed by atoms with E-state index in [1.54, 1.807) is 18.3 Å². The van der Waals surface area contributed by atoms with Crippen LogP contribution in [0.15, 0.2) is 41.3 Å². The third-order valence-electron chi connectivity index (χ3n) is 6.66. The fourth-order valence-corrected chi connectivity index (χ4v) is 4.90. The molecule has 1 saturated carbocycles. The van der Waals surface area contributed by atoms with E-state index in [-0.39, 0.29) is 29.1 Å². The smallest absolute Gasteiger partial charge is 0.321 e. The van der Waals surface area contributed by atoms with E-state index >= 15 is 0 Å². The molecule has 3 amide bonds.